The Labute approximate surface area is 150 Å². The molecule has 1 amide bonds. The smallest absolute Gasteiger partial charge is 0.338 e. The maximum atomic E-state index is 13.0. The van der Waals surface area contributed by atoms with E-state index in [2.05, 4.69) is 4.98 Å². The van der Waals surface area contributed by atoms with Crippen LogP contribution in [-0.4, -0.2) is 33.4 Å². The molecule has 4 nitrogen and oxygen atoms in total. The molecule has 0 saturated carbocycles. The first-order valence-electron chi connectivity index (χ1n) is 8.79. The number of imidazole rings is 1. The highest BCUT2D eigenvalue weighted by atomic mass is 19.4. The molecule has 0 spiro atoms. The molecule has 1 saturated heterocycles. The fourth-order valence-corrected chi connectivity index (χ4v) is 3.52. The molecule has 2 aromatic rings. The van der Waals surface area contributed by atoms with E-state index >= 15 is 0 Å². The Morgan fingerprint density at radius 1 is 1.35 bits per heavy atom. The minimum Gasteiger partial charge on any atom is -0.338 e. The van der Waals surface area contributed by atoms with E-state index in [9.17, 15) is 18.0 Å². The fraction of sp³-hybridized carbons (Fsp3) is 0.474. The van der Waals surface area contributed by atoms with Gasteiger partial charge >= 0.3 is 6.18 Å². The summed E-state index contributed by atoms with van der Waals surface area (Å²) in [4.78, 5) is 19.0. The molecule has 1 aromatic carbocycles. The lowest BCUT2D eigenvalue weighted by molar-refractivity contribution is -0.137. The second-order valence-electron chi connectivity index (χ2n) is 6.69. The molecular formula is C19H22F3N3O. The molecule has 1 aromatic heterocycles. The summed E-state index contributed by atoms with van der Waals surface area (Å²) in [5.41, 5.74) is -0.110. The summed E-state index contributed by atoms with van der Waals surface area (Å²) in [5.74, 6) is 0.701. The topological polar surface area (TPSA) is 38.1 Å². The number of halogens is 3. The monoisotopic (exact) mass is 365 g/mol. The summed E-state index contributed by atoms with van der Waals surface area (Å²) in [6.07, 6.45) is 0.927. The molecule has 3 rings (SSSR count). The van der Waals surface area contributed by atoms with E-state index < -0.39 is 11.7 Å². The van der Waals surface area contributed by atoms with Crippen LogP contribution < -0.4 is 0 Å². The minimum absolute atomic E-state index is 0.105. The Bertz CT molecular complexity index is 798. The Morgan fingerprint density at radius 2 is 2.12 bits per heavy atom. The SMILES string of the molecule is CCn1ccnc1[C@H]1CCCN(C(=O)c2cc(C(F)(F)F)ccc2C)C1. The zero-order valence-electron chi connectivity index (χ0n) is 14.9. The van der Waals surface area contributed by atoms with E-state index in [1.807, 2.05) is 17.7 Å². The summed E-state index contributed by atoms with van der Waals surface area (Å²) in [6, 6.07) is 3.35. The number of aryl methyl sites for hydroxylation is 2. The van der Waals surface area contributed by atoms with Crippen LogP contribution in [0.15, 0.2) is 30.6 Å². The van der Waals surface area contributed by atoms with E-state index in [1.54, 1.807) is 18.0 Å². The summed E-state index contributed by atoms with van der Waals surface area (Å²) in [5, 5.41) is 0. The van der Waals surface area contributed by atoms with Crippen LogP contribution in [-0.2, 0) is 12.7 Å². The summed E-state index contributed by atoms with van der Waals surface area (Å²) >= 11 is 0. The van der Waals surface area contributed by atoms with Crippen molar-refractivity contribution < 1.29 is 18.0 Å². The Hall–Kier alpha value is -2.31. The van der Waals surface area contributed by atoms with E-state index in [-0.39, 0.29) is 17.4 Å². The van der Waals surface area contributed by atoms with Crippen molar-refractivity contribution in [3.63, 3.8) is 0 Å². The van der Waals surface area contributed by atoms with Crippen molar-refractivity contribution in [2.45, 2.75) is 45.3 Å². The first kappa shape index (κ1) is 18.5. The highest BCUT2D eigenvalue weighted by Gasteiger charge is 2.33. The molecule has 7 heteroatoms. The second-order valence-corrected chi connectivity index (χ2v) is 6.69. The third-order valence-electron chi connectivity index (χ3n) is 4.96. The predicted octanol–water partition coefficient (Wildman–Crippen LogP) is 4.25. The molecule has 26 heavy (non-hydrogen) atoms. The lowest BCUT2D eigenvalue weighted by Crippen LogP contribution is -2.40. The van der Waals surface area contributed by atoms with Gasteiger partial charge in [0.25, 0.3) is 5.91 Å². The minimum atomic E-state index is -4.46. The Morgan fingerprint density at radius 3 is 2.81 bits per heavy atom. The maximum Gasteiger partial charge on any atom is 0.416 e. The van der Waals surface area contributed by atoms with Gasteiger partial charge in [-0.25, -0.2) is 4.98 Å². The zero-order valence-corrected chi connectivity index (χ0v) is 14.9. The molecular weight excluding hydrogens is 343 g/mol. The molecule has 0 N–H and O–H groups in total. The Balaban J connectivity index is 1.84. The lowest BCUT2D eigenvalue weighted by atomic mass is 9.95. The molecule has 0 unspecified atom stereocenters. The van der Waals surface area contributed by atoms with Crippen molar-refractivity contribution in [1.29, 1.82) is 0 Å². The quantitative estimate of drug-likeness (QED) is 0.816. The van der Waals surface area contributed by atoms with Crippen molar-refractivity contribution in [3.8, 4) is 0 Å². The molecule has 1 aliphatic rings. The van der Waals surface area contributed by atoms with Gasteiger partial charge in [0.05, 0.1) is 5.56 Å². The average Bonchev–Trinajstić information content (AvgIpc) is 3.09. The van der Waals surface area contributed by atoms with Crippen molar-refractivity contribution in [2.75, 3.05) is 13.1 Å². The largest absolute Gasteiger partial charge is 0.416 e. The van der Waals surface area contributed by atoms with E-state index in [0.29, 0.717) is 18.7 Å². The highest BCUT2D eigenvalue weighted by molar-refractivity contribution is 5.96. The van der Waals surface area contributed by atoms with Gasteiger partial charge in [0.2, 0.25) is 0 Å². The number of hydrogen-bond acceptors (Lipinski definition) is 2. The Kier molecular flexibility index (Phi) is 5.07. The molecule has 0 aliphatic carbocycles. The number of rotatable bonds is 3. The normalized spacial score (nSPS) is 18.2. The zero-order chi connectivity index (χ0) is 18.9. The number of nitrogens with zero attached hydrogens (tertiary/aromatic N) is 3. The second kappa shape index (κ2) is 7.13. The van der Waals surface area contributed by atoms with Gasteiger partial charge in [-0.15, -0.1) is 0 Å². The van der Waals surface area contributed by atoms with E-state index in [0.717, 1.165) is 37.3 Å². The molecule has 0 radical (unpaired) electrons. The number of piperidine rings is 1. The number of benzene rings is 1. The third kappa shape index (κ3) is 3.61. The van der Waals surface area contributed by atoms with Gasteiger partial charge in [0.15, 0.2) is 0 Å². The van der Waals surface area contributed by atoms with Crippen LogP contribution in [0.5, 0.6) is 0 Å². The summed E-state index contributed by atoms with van der Waals surface area (Å²) < 4.78 is 41.1. The van der Waals surface area contributed by atoms with Gasteiger partial charge in [-0.3, -0.25) is 4.79 Å². The van der Waals surface area contributed by atoms with Gasteiger partial charge in [-0.05, 0) is 44.4 Å². The highest BCUT2D eigenvalue weighted by Crippen LogP contribution is 2.32. The number of aromatic nitrogens is 2. The molecule has 1 atom stereocenters. The molecule has 2 heterocycles. The number of carbonyl (C=O) groups is 1. The van der Waals surface area contributed by atoms with Gasteiger partial charge in [0, 0.05) is 43.5 Å². The predicted molar refractivity (Wildman–Crippen MR) is 92.0 cm³/mol. The summed E-state index contributed by atoms with van der Waals surface area (Å²) in [7, 11) is 0. The third-order valence-corrected chi connectivity index (χ3v) is 4.96. The van der Waals surface area contributed by atoms with Crippen LogP contribution in [0.2, 0.25) is 0 Å². The standard InChI is InChI=1S/C19H22F3N3O/c1-3-24-10-8-23-17(24)14-5-4-9-25(12-14)18(26)16-11-15(19(20,21)22)7-6-13(16)2/h6-8,10-11,14H,3-5,9,12H2,1-2H3/t14-/m0/s1. The van der Waals surface area contributed by atoms with Crippen molar-refractivity contribution in [1.82, 2.24) is 14.5 Å². The van der Waals surface area contributed by atoms with Gasteiger partial charge < -0.3 is 9.47 Å². The van der Waals surface area contributed by atoms with Gasteiger partial charge in [0.1, 0.15) is 5.82 Å². The average molecular weight is 365 g/mol. The molecule has 0 bridgehead atoms. The molecule has 1 aliphatic heterocycles. The lowest BCUT2D eigenvalue weighted by Gasteiger charge is -2.33. The first-order chi connectivity index (χ1) is 12.3. The summed E-state index contributed by atoms with van der Waals surface area (Å²) in [6.45, 7) is 5.53. The number of likely N-dealkylation sites (tertiary alicyclic amines) is 1. The molecule has 1 fully saturated rings. The van der Waals surface area contributed by atoms with E-state index in [4.69, 9.17) is 0 Å². The van der Waals surface area contributed by atoms with Crippen LogP contribution in [0.4, 0.5) is 13.2 Å². The number of alkyl halides is 3. The number of carbonyl (C=O) groups excluding carboxylic acids is 1. The van der Waals surface area contributed by atoms with Crippen LogP contribution in [0.1, 0.15) is 53.0 Å². The number of amides is 1. The van der Waals surface area contributed by atoms with Crippen molar-refractivity contribution in [3.05, 3.63) is 53.1 Å². The van der Waals surface area contributed by atoms with Crippen LogP contribution in [0, 0.1) is 6.92 Å². The van der Waals surface area contributed by atoms with Gasteiger partial charge in [-0.2, -0.15) is 13.2 Å². The van der Waals surface area contributed by atoms with Crippen LogP contribution in [0.25, 0.3) is 0 Å². The van der Waals surface area contributed by atoms with Gasteiger partial charge in [-0.1, -0.05) is 6.07 Å². The fourth-order valence-electron chi connectivity index (χ4n) is 3.52. The first-order valence-corrected chi connectivity index (χ1v) is 8.79. The van der Waals surface area contributed by atoms with Crippen LogP contribution in [0.3, 0.4) is 0 Å². The molecule has 140 valence electrons. The maximum absolute atomic E-state index is 13.0. The van der Waals surface area contributed by atoms with E-state index in [1.165, 1.54) is 6.07 Å². The van der Waals surface area contributed by atoms with Crippen molar-refractivity contribution in [2.24, 2.45) is 0 Å². The van der Waals surface area contributed by atoms with Crippen molar-refractivity contribution >= 4 is 5.91 Å². The van der Waals surface area contributed by atoms with Crippen LogP contribution >= 0.6 is 0 Å². The number of hydrogen-bond donors (Lipinski definition) is 0.